The summed E-state index contributed by atoms with van der Waals surface area (Å²) >= 11 is 2.04. The fraction of sp³-hybridized carbons (Fsp3) is 0.786. The maximum absolute atomic E-state index is 5.63. The molecule has 2 rings (SSSR count). The van der Waals surface area contributed by atoms with Gasteiger partial charge in [-0.2, -0.15) is 16.7 Å². The zero-order chi connectivity index (χ0) is 14.0. The van der Waals surface area contributed by atoms with E-state index in [2.05, 4.69) is 49.8 Å². The van der Waals surface area contributed by atoms with E-state index in [1.54, 1.807) is 6.26 Å². The highest BCUT2D eigenvalue weighted by atomic mass is 32.2. The molecule has 108 valence electrons. The second-order valence-corrected chi connectivity index (χ2v) is 8.27. The molecular formula is C14H25N3OS. The van der Waals surface area contributed by atoms with Gasteiger partial charge in [0.05, 0.1) is 5.69 Å². The van der Waals surface area contributed by atoms with Crippen LogP contribution in [0.15, 0.2) is 10.7 Å². The largest absolute Gasteiger partial charge is 0.432 e. The normalized spacial score (nSPS) is 24.8. The third kappa shape index (κ3) is 4.42. The molecule has 1 aliphatic rings. The quantitative estimate of drug-likeness (QED) is 0.924. The van der Waals surface area contributed by atoms with Gasteiger partial charge in [0, 0.05) is 35.7 Å². The predicted molar refractivity (Wildman–Crippen MR) is 81.8 cm³/mol. The van der Waals surface area contributed by atoms with Crippen molar-refractivity contribution in [3.8, 4) is 0 Å². The molecule has 0 amide bonds. The standard InChI is InChI=1S/C14H25N3OS/c1-10-7-17(8-11(2)19-10)13-16-12(9-18-13)6-15-14(3,4)5/h9-11,15H,6-8H2,1-5H3. The fourth-order valence-corrected chi connectivity index (χ4v) is 3.54. The number of rotatable bonds is 3. The van der Waals surface area contributed by atoms with Gasteiger partial charge in [-0.25, -0.2) is 0 Å². The van der Waals surface area contributed by atoms with Crippen molar-refractivity contribution < 1.29 is 4.42 Å². The van der Waals surface area contributed by atoms with Gasteiger partial charge in [0.2, 0.25) is 0 Å². The number of hydrogen-bond donors (Lipinski definition) is 1. The maximum Gasteiger partial charge on any atom is 0.297 e. The van der Waals surface area contributed by atoms with E-state index in [1.807, 2.05) is 11.8 Å². The molecule has 1 aromatic heterocycles. The lowest BCUT2D eigenvalue weighted by Crippen LogP contribution is -2.40. The molecule has 1 saturated heterocycles. The molecule has 1 fully saturated rings. The van der Waals surface area contributed by atoms with Gasteiger partial charge in [0.25, 0.3) is 6.01 Å². The van der Waals surface area contributed by atoms with Crippen LogP contribution in [0.1, 0.15) is 40.3 Å². The Morgan fingerprint density at radius 3 is 2.58 bits per heavy atom. The van der Waals surface area contributed by atoms with E-state index in [0.717, 1.165) is 31.3 Å². The van der Waals surface area contributed by atoms with E-state index in [-0.39, 0.29) is 5.54 Å². The lowest BCUT2D eigenvalue weighted by Gasteiger charge is -2.33. The third-order valence-electron chi connectivity index (χ3n) is 3.03. The van der Waals surface area contributed by atoms with E-state index in [4.69, 9.17) is 4.42 Å². The summed E-state index contributed by atoms with van der Waals surface area (Å²) in [5, 5.41) is 4.69. The Kier molecular flexibility index (Phi) is 4.46. The lowest BCUT2D eigenvalue weighted by molar-refractivity contribution is 0.421. The van der Waals surface area contributed by atoms with Gasteiger partial charge in [0.1, 0.15) is 6.26 Å². The van der Waals surface area contributed by atoms with E-state index in [1.165, 1.54) is 0 Å². The monoisotopic (exact) mass is 283 g/mol. The topological polar surface area (TPSA) is 41.3 Å². The second-order valence-electron chi connectivity index (χ2n) is 6.39. The summed E-state index contributed by atoms with van der Waals surface area (Å²) in [5.41, 5.74) is 1.08. The van der Waals surface area contributed by atoms with E-state index in [9.17, 15) is 0 Å². The van der Waals surface area contributed by atoms with Crippen LogP contribution in [0.4, 0.5) is 6.01 Å². The molecule has 2 heterocycles. The highest BCUT2D eigenvalue weighted by Gasteiger charge is 2.25. The summed E-state index contributed by atoms with van der Waals surface area (Å²) in [5.74, 6) is 0. The van der Waals surface area contributed by atoms with Crippen molar-refractivity contribution in [3.05, 3.63) is 12.0 Å². The van der Waals surface area contributed by atoms with E-state index >= 15 is 0 Å². The summed E-state index contributed by atoms with van der Waals surface area (Å²) in [7, 11) is 0. The first-order valence-electron chi connectivity index (χ1n) is 6.93. The predicted octanol–water partition coefficient (Wildman–Crippen LogP) is 2.89. The highest BCUT2D eigenvalue weighted by Crippen LogP contribution is 2.28. The Bertz CT molecular complexity index is 403. The summed E-state index contributed by atoms with van der Waals surface area (Å²) < 4.78 is 5.63. The molecule has 0 spiro atoms. The van der Waals surface area contributed by atoms with Gasteiger partial charge in [-0.3, -0.25) is 0 Å². The van der Waals surface area contributed by atoms with Crippen LogP contribution >= 0.6 is 11.8 Å². The van der Waals surface area contributed by atoms with Crippen LogP contribution in [0.25, 0.3) is 0 Å². The fourth-order valence-electron chi connectivity index (χ4n) is 2.21. The van der Waals surface area contributed by atoms with Gasteiger partial charge in [-0.15, -0.1) is 0 Å². The Labute approximate surface area is 120 Å². The van der Waals surface area contributed by atoms with Crippen molar-refractivity contribution in [2.75, 3.05) is 18.0 Å². The van der Waals surface area contributed by atoms with Crippen LogP contribution in [0.2, 0.25) is 0 Å². The van der Waals surface area contributed by atoms with E-state index in [0.29, 0.717) is 10.5 Å². The first kappa shape index (κ1) is 14.7. The molecule has 2 atom stereocenters. The Balaban J connectivity index is 1.96. The molecule has 1 aromatic rings. The van der Waals surface area contributed by atoms with Crippen molar-refractivity contribution in [3.63, 3.8) is 0 Å². The van der Waals surface area contributed by atoms with Crippen LogP contribution in [0, 0.1) is 0 Å². The summed E-state index contributed by atoms with van der Waals surface area (Å²) in [6.07, 6.45) is 1.77. The highest BCUT2D eigenvalue weighted by molar-refractivity contribution is 8.00. The average molecular weight is 283 g/mol. The van der Waals surface area contributed by atoms with Gasteiger partial charge in [0.15, 0.2) is 0 Å². The van der Waals surface area contributed by atoms with Gasteiger partial charge in [-0.1, -0.05) is 13.8 Å². The number of oxazole rings is 1. The molecule has 0 radical (unpaired) electrons. The number of nitrogens with zero attached hydrogens (tertiary/aromatic N) is 2. The van der Waals surface area contributed by atoms with Crippen LogP contribution in [-0.2, 0) is 6.54 Å². The molecule has 1 N–H and O–H groups in total. The molecule has 2 unspecified atom stereocenters. The molecule has 4 nitrogen and oxygen atoms in total. The van der Waals surface area contributed by atoms with Crippen LogP contribution in [-0.4, -0.2) is 34.1 Å². The summed E-state index contributed by atoms with van der Waals surface area (Å²) in [6.45, 7) is 13.8. The number of anilines is 1. The first-order valence-corrected chi connectivity index (χ1v) is 7.87. The summed E-state index contributed by atoms with van der Waals surface area (Å²) in [6, 6.07) is 0.768. The Morgan fingerprint density at radius 1 is 1.37 bits per heavy atom. The van der Waals surface area contributed by atoms with Crippen LogP contribution < -0.4 is 10.2 Å². The SMILES string of the molecule is CC1CN(c2nc(CNC(C)(C)C)co2)CC(C)S1. The lowest BCUT2D eigenvalue weighted by atomic mass is 10.1. The summed E-state index contributed by atoms with van der Waals surface area (Å²) in [4.78, 5) is 6.85. The number of hydrogen-bond acceptors (Lipinski definition) is 5. The first-order chi connectivity index (χ1) is 8.83. The third-order valence-corrected chi connectivity index (χ3v) is 4.26. The molecule has 5 heteroatoms. The molecular weight excluding hydrogens is 258 g/mol. The molecule has 19 heavy (non-hydrogen) atoms. The van der Waals surface area contributed by atoms with Crippen LogP contribution in [0.5, 0.6) is 0 Å². The second kappa shape index (κ2) is 5.75. The minimum Gasteiger partial charge on any atom is -0.432 e. The van der Waals surface area contributed by atoms with Crippen molar-refractivity contribution in [2.24, 2.45) is 0 Å². The smallest absolute Gasteiger partial charge is 0.297 e. The maximum atomic E-state index is 5.63. The van der Waals surface area contributed by atoms with Crippen molar-refractivity contribution >= 4 is 17.8 Å². The number of thioether (sulfide) groups is 1. The van der Waals surface area contributed by atoms with Gasteiger partial charge < -0.3 is 14.6 Å². The minimum absolute atomic E-state index is 0.101. The van der Waals surface area contributed by atoms with Crippen molar-refractivity contribution in [2.45, 2.75) is 57.2 Å². The molecule has 0 aliphatic carbocycles. The Morgan fingerprint density at radius 2 is 2.00 bits per heavy atom. The average Bonchev–Trinajstić information content (AvgIpc) is 2.72. The van der Waals surface area contributed by atoms with Crippen molar-refractivity contribution in [1.82, 2.24) is 10.3 Å². The van der Waals surface area contributed by atoms with Gasteiger partial charge in [-0.05, 0) is 20.8 Å². The molecule has 0 bridgehead atoms. The zero-order valence-corrected chi connectivity index (χ0v) is 13.4. The van der Waals surface area contributed by atoms with Crippen molar-refractivity contribution in [1.29, 1.82) is 0 Å². The number of aromatic nitrogens is 1. The molecule has 0 saturated carbocycles. The van der Waals surface area contributed by atoms with Crippen LogP contribution in [0.3, 0.4) is 0 Å². The van der Waals surface area contributed by atoms with Gasteiger partial charge >= 0.3 is 0 Å². The molecule has 1 aliphatic heterocycles. The number of nitrogens with one attached hydrogen (secondary N) is 1. The minimum atomic E-state index is 0.101. The van der Waals surface area contributed by atoms with E-state index < -0.39 is 0 Å². The molecule has 0 aromatic carbocycles. The zero-order valence-electron chi connectivity index (χ0n) is 12.6. The Hall–Kier alpha value is -0.680.